The molecule has 0 atom stereocenters. The van der Waals surface area contributed by atoms with Crippen LogP contribution in [-0.2, 0) is 0 Å². The van der Waals surface area contributed by atoms with Crippen molar-refractivity contribution in [3.8, 4) is 5.75 Å². The molecule has 1 aromatic rings. The van der Waals surface area contributed by atoms with E-state index in [1.165, 1.54) is 18.6 Å². The highest BCUT2D eigenvalue weighted by molar-refractivity contribution is 5.71. The highest BCUT2D eigenvalue weighted by atomic mass is 19.4. The smallest absolute Gasteiger partial charge is 0.393 e. The maximum Gasteiger partial charge on any atom is 0.393 e. The summed E-state index contributed by atoms with van der Waals surface area (Å²) in [4.78, 5) is 0. The van der Waals surface area contributed by atoms with E-state index in [4.69, 9.17) is 0 Å². The van der Waals surface area contributed by atoms with Crippen LogP contribution in [0.2, 0.25) is 0 Å². The van der Waals surface area contributed by atoms with Crippen molar-refractivity contribution in [1.29, 1.82) is 0 Å². The van der Waals surface area contributed by atoms with Gasteiger partial charge in [0, 0.05) is 0 Å². The SMILES string of the molecule is Oc1cccc(C(CC(F)(F)F)=C2C3CC4CC(C3)CC2C4)c1. The first-order valence-corrected chi connectivity index (χ1v) is 8.48. The zero-order valence-corrected chi connectivity index (χ0v) is 12.9. The van der Waals surface area contributed by atoms with E-state index in [1.807, 2.05) is 0 Å². The second kappa shape index (κ2) is 5.29. The van der Waals surface area contributed by atoms with Crippen LogP contribution in [0.3, 0.4) is 0 Å². The predicted molar refractivity (Wildman–Crippen MR) is 82.7 cm³/mol. The highest BCUT2D eigenvalue weighted by Crippen LogP contribution is 2.58. The summed E-state index contributed by atoms with van der Waals surface area (Å²) in [5.41, 5.74) is 2.03. The zero-order chi connectivity index (χ0) is 16.2. The first-order valence-electron chi connectivity index (χ1n) is 8.48. The third-order valence-corrected chi connectivity index (χ3v) is 5.94. The molecule has 0 radical (unpaired) electrons. The summed E-state index contributed by atoms with van der Waals surface area (Å²) in [6, 6.07) is 6.34. The Labute approximate surface area is 134 Å². The summed E-state index contributed by atoms with van der Waals surface area (Å²) in [5.74, 6) is 2.12. The number of phenolic OH excluding ortho intramolecular Hbond substituents is 1. The number of halogens is 3. The van der Waals surface area contributed by atoms with Crippen LogP contribution in [0.4, 0.5) is 13.2 Å². The Hall–Kier alpha value is -1.45. The summed E-state index contributed by atoms with van der Waals surface area (Å²) in [5, 5.41) is 9.71. The molecule has 0 heterocycles. The van der Waals surface area contributed by atoms with E-state index in [2.05, 4.69) is 0 Å². The minimum Gasteiger partial charge on any atom is -0.508 e. The third-order valence-electron chi connectivity index (χ3n) is 5.94. The fourth-order valence-corrected chi connectivity index (χ4v) is 5.45. The van der Waals surface area contributed by atoms with Crippen LogP contribution in [0.25, 0.3) is 5.57 Å². The summed E-state index contributed by atoms with van der Waals surface area (Å²) in [7, 11) is 0. The van der Waals surface area contributed by atoms with Crippen LogP contribution in [0, 0.1) is 23.7 Å². The number of phenols is 1. The summed E-state index contributed by atoms with van der Waals surface area (Å²) < 4.78 is 39.6. The monoisotopic (exact) mass is 322 g/mol. The van der Waals surface area contributed by atoms with Gasteiger partial charge in [-0.05, 0) is 79.0 Å². The van der Waals surface area contributed by atoms with E-state index >= 15 is 0 Å². The molecule has 0 saturated heterocycles. The number of hydrogen-bond donors (Lipinski definition) is 1. The second-order valence-corrected chi connectivity index (χ2v) is 7.58. The molecule has 124 valence electrons. The van der Waals surface area contributed by atoms with Gasteiger partial charge in [0.2, 0.25) is 0 Å². The normalized spacial score (nSPS) is 32.4. The Morgan fingerprint density at radius 1 is 1.00 bits per heavy atom. The summed E-state index contributed by atoms with van der Waals surface area (Å²) in [6.45, 7) is 0. The van der Waals surface area contributed by atoms with Gasteiger partial charge in [-0.3, -0.25) is 0 Å². The van der Waals surface area contributed by atoms with Gasteiger partial charge in [0.25, 0.3) is 0 Å². The Morgan fingerprint density at radius 2 is 1.61 bits per heavy atom. The molecule has 4 saturated carbocycles. The fraction of sp³-hybridized carbons (Fsp3) is 0.579. The molecule has 0 spiro atoms. The van der Waals surface area contributed by atoms with E-state index in [0.29, 0.717) is 23.0 Å². The maximum atomic E-state index is 13.2. The molecule has 23 heavy (non-hydrogen) atoms. The van der Waals surface area contributed by atoms with Crippen molar-refractivity contribution in [1.82, 2.24) is 0 Å². The van der Waals surface area contributed by atoms with E-state index < -0.39 is 12.6 Å². The molecule has 1 nitrogen and oxygen atoms in total. The van der Waals surface area contributed by atoms with E-state index in [9.17, 15) is 18.3 Å². The number of hydrogen-bond acceptors (Lipinski definition) is 1. The fourth-order valence-electron chi connectivity index (χ4n) is 5.45. The maximum absolute atomic E-state index is 13.2. The topological polar surface area (TPSA) is 20.2 Å². The lowest BCUT2D eigenvalue weighted by Crippen LogP contribution is -2.41. The number of alkyl halides is 3. The molecule has 5 rings (SSSR count). The van der Waals surface area contributed by atoms with Crippen LogP contribution in [-0.4, -0.2) is 11.3 Å². The van der Waals surface area contributed by atoms with Gasteiger partial charge in [0.15, 0.2) is 0 Å². The molecule has 4 bridgehead atoms. The summed E-state index contributed by atoms with van der Waals surface area (Å²) >= 11 is 0. The van der Waals surface area contributed by atoms with Gasteiger partial charge in [0.1, 0.15) is 5.75 Å². The average Bonchev–Trinajstić information content (AvgIpc) is 2.43. The standard InChI is InChI=1S/C19H21F3O/c20-19(21,22)10-17(13-2-1-3-16(23)9-13)18-14-5-11-4-12(7-14)8-15(18)6-11/h1-3,9,11-12,14-15,23H,4-8,10H2. The van der Waals surface area contributed by atoms with Crippen LogP contribution in [0.5, 0.6) is 5.75 Å². The minimum atomic E-state index is -4.22. The number of rotatable bonds is 2. The Balaban J connectivity index is 1.81. The Morgan fingerprint density at radius 3 is 2.13 bits per heavy atom. The van der Waals surface area contributed by atoms with Crippen molar-refractivity contribution in [2.45, 2.75) is 44.7 Å². The lowest BCUT2D eigenvalue weighted by molar-refractivity contribution is -0.123. The molecule has 0 amide bonds. The molecule has 1 N–H and O–H groups in total. The molecular weight excluding hydrogens is 301 g/mol. The molecule has 4 heteroatoms. The van der Waals surface area contributed by atoms with Gasteiger partial charge in [-0.2, -0.15) is 13.2 Å². The van der Waals surface area contributed by atoms with Gasteiger partial charge < -0.3 is 5.11 Å². The van der Waals surface area contributed by atoms with Gasteiger partial charge in [-0.15, -0.1) is 0 Å². The van der Waals surface area contributed by atoms with Crippen molar-refractivity contribution >= 4 is 5.57 Å². The number of benzene rings is 1. The highest BCUT2D eigenvalue weighted by Gasteiger charge is 2.47. The molecule has 4 aliphatic carbocycles. The van der Waals surface area contributed by atoms with E-state index in [0.717, 1.165) is 43.1 Å². The van der Waals surface area contributed by atoms with Gasteiger partial charge in [0.05, 0.1) is 6.42 Å². The van der Waals surface area contributed by atoms with Gasteiger partial charge in [-0.25, -0.2) is 0 Å². The zero-order valence-electron chi connectivity index (χ0n) is 12.9. The first-order chi connectivity index (χ1) is 10.9. The number of aromatic hydroxyl groups is 1. The van der Waals surface area contributed by atoms with Crippen molar-refractivity contribution in [2.24, 2.45) is 23.7 Å². The molecular formula is C19H21F3O. The van der Waals surface area contributed by atoms with E-state index in [1.54, 1.807) is 12.1 Å². The van der Waals surface area contributed by atoms with Gasteiger partial charge in [-0.1, -0.05) is 17.7 Å². The lowest BCUT2D eigenvalue weighted by Gasteiger charge is -2.52. The molecule has 4 fully saturated rings. The van der Waals surface area contributed by atoms with Crippen LogP contribution < -0.4 is 0 Å². The molecule has 0 aliphatic heterocycles. The van der Waals surface area contributed by atoms with Crippen molar-refractivity contribution < 1.29 is 18.3 Å². The quantitative estimate of drug-likeness (QED) is 0.756. The number of allylic oxidation sites excluding steroid dienone is 2. The average molecular weight is 322 g/mol. The predicted octanol–water partition coefficient (Wildman–Crippen LogP) is 5.55. The largest absolute Gasteiger partial charge is 0.508 e. The minimum absolute atomic E-state index is 0.0339. The Bertz CT molecular complexity index is 614. The first kappa shape index (κ1) is 15.1. The molecule has 4 aliphatic rings. The van der Waals surface area contributed by atoms with E-state index in [-0.39, 0.29) is 5.75 Å². The van der Waals surface area contributed by atoms with Gasteiger partial charge >= 0.3 is 6.18 Å². The summed E-state index contributed by atoms with van der Waals surface area (Å²) in [6.07, 6.45) is 0.410. The third kappa shape index (κ3) is 2.88. The molecule has 0 unspecified atom stereocenters. The lowest BCUT2D eigenvalue weighted by atomic mass is 9.53. The van der Waals surface area contributed by atoms with Crippen molar-refractivity contribution in [3.05, 3.63) is 35.4 Å². The van der Waals surface area contributed by atoms with Crippen molar-refractivity contribution in [3.63, 3.8) is 0 Å². The molecule has 0 aromatic heterocycles. The Kier molecular flexibility index (Phi) is 3.47. The molecule has 1 aromatic carbocycles. The van der Waals surface area contributed by atoms with Crippen LogP contribution >= 0.6 is 0 Å². The van der Waals surface area contributed by atoms with Crippen molar-refractivity contribution in [2.75, 3.05) is 0 Å². The second-order valence-electron chi connectivity index (χ2n) is 7.58. The van der Waals surface area contributed by atoms with Crippen LogP contribution in [0.1, 0.15) is 44.1 Å². The van der Waals surface area contributed by atoms with Crippen LogP contribution in [0.15, 0.2) is 29.8 Å².